The zero-order valence-electron chi connectivity index (χ0n) is 21.3. The summed E-state index contributed by atoms with van der Waals surface area (Å²) in [5, 5.41) is 0. The molecule has 0 amide bonds. The topological polar surface area (TPSA) is 78.9 Å². The molecule has 6 heteroatoms. The highest BCUT2D eigenvalue weighted by molar-refractivity contribution is 6.05. The van der Waals surface area contributed by atoms with Crippen molar-refractivity contribution in [2.75, 3.05) is 0 Å². The summed E-state index contributed by atoms with van der Waals surface area (Å²) < 4.78 is 16.6. The Labute approximate surface area is 199 Å². The van der Waals surface area contributed by atoms with Gasteiger partial charge >= 0.3 is 17.9 Å². The number of ether oxygens (including phenoxy) is 3. The molecule has 33 heavy (non-hydrogen) atoms. The second-order valence-electron chi connectivity index (χ2n) is 8.83. The van der Waals surface area contributed by atoms with Crippen molar-refractivity contribution in [2.24, 2.45) is 0 Å². The molecule has 1 aromatic carbocycles. The van der Waals surface area contributed by atoms with Gasteiger partial charge in [0.25, 0.3) is 0 Å². The van der Waals surface area contributed by atoms with Crippen LogP contribution in [0.5, 0.6) is 0 Å². The summed E-state index contributed by atoms with van der Waals surface area (Å²) in [6.07, 6.45) is 7.29. The quantitative estimate of drug-likeness (QED) is 0.208. The maximum atomic E-state index is 13.0. The predicted molar refractivity (Wildman–Crippen MR) is 130 cm³/mol. The highest BCUT2D eigenvalue weighted by Crippen LogP contribution is 2.20. The standard InChI is InChI=1S/C27H42O6/c1-7-10-13-19(4)31-25(28)22-16-17-23(26(29)32-20(5)14-11-8-2)24(18-22)27(30)33-21(6)15-12-9-3/h16-21H,7-15H2,1-6H3. The van der Waals surface area contributed by atoms with Crippen LogP contribution < -0.4 is 0 Å². The summed E-state index contributed by atoms with van der Waals surface area (Å²) in [5.74, 6) is -1.76. The second-order valence-corrected chi connectivity index (χ2v) is 8.83. The van der Waals surface area contributed by atoms with Crippen LogP contribution in [-0.4, -0.2) is 36.2 Å². The number of carbonyl (C=O) groups is 3. The Morgan fingerprint density at radius 3 is 1.45 bits per heavy atom. The molecule has 0 heterocycles. The molecule has 0 aromatic heterocycles. The third-order valence-corrected chi connectivity index (χ3v) is 5.51. The summed E-state index contributed by atoms with van der Waals surface area (Å²) in [6, 6.07) is 4.34. The minimum Gasteiger partial charge on any atom is -0.459 e. The van der Waals surface area contributed by atoms with E-state index in [9.17, 15) is 14.4 Å². The van der Waals surface area contributed by atoms with E-state index in [1.807, 2.05) is 20.8 Å². The van der Waals surface area contributed by atoms with Crippen molar-refractivity contribution >= 4 is 17.9 Å². The lowest BCUT2D eigenvalue weighted by Crippen LogP contribution is -2.22. The van der Waals surface area contributed by atoms with Gasteiger partial charge in [-0.1, -0.05) is 59.3 Å². The molecule has 0 N–H and O–H groups in total. The average molecular weight is 463 g/mol. The molecule has 3 unspecified atom stereocenters. The van der Waals surface area contributed by atoms with E-state index in [1.165, 1.54) is 18.2 Å². The highest BCUT2D eigenvalue weighted by Gasteiger charge is 2.25. The molecule has 0 spiro atoms. The Kier molecular flexibility index (Phi) is 13.4. The number of hydrogen-bond donors (Lipinski definition) is 0. The molecule has 0 bridgehead atoms. The largest absolute Gasteiger partial charge is 0.459 e. The van der Waals surface area contributed by atoms with Gasteiger partial charge in [0.05, 0.1) is 35.0 Å². The minimum atomic E-state index is -0.638. The van der Waals surface area contributed by atoms with Crippen molar-refractivity contribution in [3.63, 3.8) is 0 Å². The first-order valence-corrected chi connectivity index (χ1v) is 12.5. The first-order chi connectivity index (χ1) is 15.7. The zero-order valence-corrected chi connectivity index (χ0v) is 21.3. The van der Waals surface area contributed by atoms with Crippen molar-refractivity contribution in [1.82, 2.24) is 0 Å². The molecule has 186 valence electrons. The number of carbonyl (C=O) groups excluding carboxylic acids is 3. The fourth-order valence-electron chi connectivity index (χ4n) is 3.41. The van der Waals surface area contributed by atoms with Gasteiger partial charge in [-0.05, 0) is 58.2 Å². The maximum absolute atomic E-state index is 13.0. The Bertz CT molecular complexity index is 757. The SMILES string of the molecule is CCCCC(C)OC(=O)c1ccc(C(=O)OC(C)CCCC)c(C(=O)OC(C)CCCC)c1. The molecule has 0 aliphatic heterocycles. The van der Waals surface area contributed by atoms with Gasteiger partial charge in [-0.3, -0.25) is 0 Å². The smallest absolute Gasteiger partial charge is 0.339 e. The van der Waals surface area contributed by atoms with Crippen LogP contribution in [0.1, 0.15) is 130 Å². The predicted octanol–water partition coefficient (Wildman–Crippen LogP) is 6.89. The molecule has 0 saturated carbocycles. The van der Waals surface area contributed by atoms with E-state index >= 15 is 0 Å². The molecule has 6 nitrogen and oxygen atoms in total. The average Bonchev–Trinajstić information content (AvgIpc) is 2.79. The van der Waals surface area contributed by atoms with E-state index in [2.05, 4.69) is 20.8 Å². The van der Waals surface area contributed by atoms with E-state index in [1.54, 1.807) is 0 Å². The molecule has 0 fully saturated rings. The fraction of sp³-hybridized carbons (Fsp3) is 0.667. The van der Waals surface area contributed by atoms with Crippen molar-refractivity contribution in [3.8, 4) is 0 Å². The van der Waals surface area contributed by atoms with Crippen molar-refractivity contribution in [2.45, 2.75) is 118 Å². The number of unbranched alkanes of at least 4 members (excludes halogenated alkanes) is 3. The lowest BCUT2D eigenvalue weighted by Gasteiger charge is -2.18. The van der Waals surface area contributed by atoms with Gasteiger partial charge in [-0.25, -0.2) is 14.4 Å². The number of benzene rings is 1. The third kappa shape index (κ3) is 10.4. The molecular weight excluding hydrogens is 420 g/mol. The second kappa shape index (κ2) is 15.5. The van der Waals surface area contributed by atoms with Gasteiger partial charge in [-0.2, -0.15) is 0 Å². The lowest BCUT2D eigenvalue weighted by molar-refractivity contribution is 0.0268. The molecule has 0 aliphatic carbocycles. The summed E-state index contributed by atoms with van der Waals surface area (Å²) in [7, 11) is 0. The van der Waals surface area contributed by atoms with Crippen LogP contribution in [0.3, 0.4) is 0 Å². The van der Waals surface area contributed by atoms with Crippen LogP contribution in [0.25, 0.3) is 0 Å². The van der Waals surface area contributed by atoms with Gasteiger partial charge in [0.1, 0.15) is 0 Å². The highest BCUT2D eigenvalue weighted by atomic mass is 16.6. The van der Waals surface area contributed by atoms with E-state index in [0.717, 1.165) is 57.8 Å². The summed E-state index contributed by atoms with van der Waals surface area (Å²) in [6.45, 7) is 11.7. The van der Waals surface area contributed by atoms with Crippen LogP contribution in [0.4, 0.5) is 0 Å². The molecule has 0 saturated heterocycles. The monoisotopic (exact) mass is 462 g/mol. The number of esters is 3. The van der Waals surface area contributed by atoms with Crippen LogP contribution in [0.2, 0.25) is 0 Å². The van der Waals surface area contributed by atoms with Gasteiger partial charge in [0.15, 0.2) is 0 Å². The fourth-order valence-corrected chi connectivity index (χ4v) is 3.41. The Balaban J connectivity index is 3.12. The van der Waals surface area contributed by atoms with E-state index in [4.69, 9.17) is 14.2 Å². The Morgan fingerprint density at radius 1 is 0.636 bits per heavy atom. The Morgan fingerprint density at radius 2 is 1.03 bits per heavy atom. The molecule has 1 rings (SSSR count). The molecular formula is C27H42O6. The van der Waals surface area contributed by atoms with Gasteiger partial charge < -0.3 is 14.2 Å². The number of rotatable bonds is 15. The molecule has 3 atom stereocenters. The van der Waals surface area contributed by atoms with Crippen LogP contribution in [0, 0.1) is 0 Å². The third-order valence-electron chi connectivity index (χ3n) is 5.51. The number of hydrogen-bond acceptors (Lipinski definition) is 6. The van der Waals surface area contributed by atoms with E-state index < -0.39 is 17.9 Å². The first-order valence-electron chi connectivity index (χ1n) is 12.5. The summed E-state index contributed by atoms with van der Waals surface area (Å²) in [5.41, 5.74) is 0.338. The summed E-state index contributed by atoms with van der Waals surface area (Å²) >= 11 is 0. The van der Waals surface area contributed by atoms with Crippen molar-refractivity contribution in [1.29, 1.82) is 0 Å². The van der Waals surface area contributed by atoms with Gasteiger partial charge in [0, 0.05) is 0 Å². The van der Waals surface area contributed by atoms with Gasteiger partial charge in [-0.15, -0.1) is 0 Å². The molecule has 0 radical (unpaired) electrons. The maximum Gasteiger partial charge on any atom is 0.339 e. The zero-order chi connectivity index (χ0) is 24.8. The van der Waals surface area contributed by atoms with Crippen molar-refractivity contribution < 1.29 is 28.6 Å². The minimum absolute atomic E-state index is 0.0294. The normalized spacial score (nSPS) is 13.6. The summed E-state index contributed by atoms with van der Waals surface area (Å²) in [4.78, 5) is 38.4. The van der Waals surface area contributed by atoms with Crippen LogP contribution in [-0.2, 0) is 14.2 Å². The first kappa shape index (κ1) is 28.7. The lowest BCUT2D eigenvalue weighted by atomic mass is 10.0. The van der Waals surface area contributed by atoms with Gasteiger partial charge in [0.2, 0.25) is 0 Å². The van der Waals surface area contributed by atoms with E-state index in [-0.39, 0.29) is 35.0 Å². The van der Waals surface area contributed by atoms with Crippen LogP contribution >= 0.6 is 0 Å². The van der Waals surface area contributed by atoms with Crippen molar-refractivity contribution in [3.05, 3.63) is 34.9 Å². The van der Waals surface area contributed by atoms with Crippen LogP contribution in [0.15, 0.2) is 18.2 Å². The van der Waals surface area contributed by atoms with E-state index in [0.29, 0.717) is 0 Å². The Hall–Kier alpha value is -2.37. The molecule has 1 aromatic rings. The molecule has 0 aliphatic rings.